The van der Waals surface area contributed by atoms with Gasteiger partial charge in [0.05, 0.1) is 5.41 Å². The lowest BCUT2D eigenvalue weighted by atomic mass is 9.83. The number of carboxylic acids is 1. The molecule has 1 aromatic rings. The highest BCUT2D eigenvalue weighted by atomic mass is 16.4. The molecule has 21 heavy (non-hydrogen) atoms. The molecule has 1 atom stereocenters. The molecule has 1 fully saturated rings. The quantitative estimate of drug-likeness (QED) is 0.927. The molecule has 1 amide bonds. The summed E-state index contributed by atoms with van der Waals surface area (Å²) in [6.45, 7) is 6.75. The van der Waals surface area contributed by atoms with Gasteiger partial charge in [-0.1, -0.05) is 25.5 Å². The Bertz CT molecular complexity index is 567. The summed E-state index contributed by atoms with van der Waals surface area (Å²) >= 11 is 0. The third-order valence-corrected chi connectivity index (χ3v) is 4.66. The van der Waals surface area contributed by atoms with Gasteiger partial charge < -0.3 is 10.0 Å². The molecule has 0 aliphatic carbocycles. The maximum absolute atomic E-state index is 12.7. The van der Waals surface area contributed by atoms with Gasteiger partial charge in [-0.05, 0) is 43.9 Å². The van der Waals surface area contributed by atoms with Crippen LogP contribution >= 0.6 is 0 Å². The van der Waals surface area contributed by atoms with E-state index in [1.165, 1.54) is 0 Å². The van der Waals surface area contributed by atoms with Crippen molar-refractivity contribution in [1.29, 1.82) is 0 Å². The highest BCUT2D eigenvalue weighted by Gasteiger charge is 2.45. The van der Waals surface area contributed by atoms with Gasteiger partial charge in [-0.25, -0.2) is 0 Å². The number of hydrogen-bond donors (Lipinski definition) is 1. The van der Waals surface area contributed by atoms with Gasteiger partial charge in [0.2, 0.25) is 0 Å². The Labute approximate surface area is 125 Å². The molecule has 4 heteroatoms. The molecule has 1 aliphatic rings. The van der Waals surface area contributed by atoms with E-state index in [0.717, 1.165) is 17.5 Å². The molecular weight excluding hydrogens is 266 g/mol. The minimum Gasteiger partial charge on any atom is -0.481 e. The molecule has 0 saturated carbocycles. The molecule has 4 nitrogen and oxygen atoms in total. The second kappa shape index (κ2) is 5.88. The van der Waals surface area contributed by atoms with Gasteiger partial charge in [-0.2, -0.15) is 0 Å². The van der Waals surface area contributed by atoms with E-state index in [4.69, 9.17) is 0 Å². The van der Waals surface area contributed by atoms with E-state index in [-0.39, 0.29) is 5.91 Å². The van der Waals surface area contributed by atoms with Crippen LogP contribution in [0.1, 0.15) is 47.7 Å². The minimum atomic E-state index is -0.777. The standard InChI is InChI=1S/C17H23NO3/c1-4-8-17(16(20)21)9-10-18(11-17)15(19)14-7-5-6-12(2)13(14)3/h5-7H,4,8-11H2,1-3H3,(H,20,21). The zero-order valence-corrected chi connectivity index (χ0v) is 13.0. The van der Waals surface area contributed by atoms with Crippen LogP contribution in [0.25, 0.3) is 0 Å². The second-order valence-corrected chi connectivity index (χ2v) is 6.06. The van der Waals surface area contributed by atoms with Crippen LogP contribution in [0.3, 0.4) is 0 Å². The fourth-order valence-corrected chi connectivity index (χ4v) is 3.16. The zero-order chi connectivity index (χ0) is 15.6. The molecule has 0 spiro atoms. The molecular formula is C17H23NO3. The molecule has 1 unspecified atom stereocenters. The summed E-state index contributed by atoms with van der Waals surface area (Å²) in [6, 6.07) is 5.68. The minimum absolute atomic E-state index is 0.0459. The lowest BCUT2D eigenvalue weighted by Crippen LogP contribution is -2.37. The summed E-state index contributed by atoms with van der Waals surface area (Å²) in [4.78, 5) is 26.0. The summed E-state index contributed by atoms with van der Waals surface area (Å²) in [5, 5.41) is 9.53. The average Bonchev–Trinajstić information content (AvgIpc) is 2.87. The Hall–Kier alpha value is -1.84. The van der Waals surface area contributed by atoms with Crippen molar-refractivity contribution in [1.82, 2.24) is 4.90 Å². The van der Waals surface area contributed by atoms with Crippen LogP contribution < -0.4 is 0 Å². The van der Waals surface area contributed by atoms with E-state index < -0.39 is 11.4 Å². The van der Waals surface area contributed by atoms with Crippen LogP contribution in [0.5, 0.6) is 0 Å². The van der Waals surface area contributed by atoms with E-state index in [1.54, 1.807) is 4.90 Å². The molecule has 1 saturated heterocycles. The van der Waals surface area contributed by atoms with E-state index in [9.17, 15) is 14.7 Å². The Morgan fingerprint density at radius 3 is 2.67 bits per heavy atom. The summed E-state index contributed by atoms with van der Waals surface area (Å²) in [5.74, 6) is -0.823. The van der Waals surface area contributed by atoms with Crippen molar-refractivity contribution in [2.75, 3.05) is 13.1 Å². The number of likely N-dealkylation sites (tertiary alicyclic amines) is 1. The lowest BCUT2D eigenvalue weighted by molar-refractivity contribution is -0.148. The van der Waals surface area contributed by atoms with Crippen molar-refractivity contribution in [3.8, 4) is 0 Å². The Morgan fingerprint density at radius 1 is 1.33 bits per heavy atom. The highest BCUT2D eigenvalue weighted by Crippen LogP contribution is 2.36. The Kier molecular flexibility index (Phi) is 4.35. The molecule has 1 aliphatic heterocycles. The lowest BCUT2D eigenvalue weighted by Gasteiger charge is -2.24. The van der Waals surface area contributed by atoms with Crippen LogP contribution in [-0.2, 0) is 4.79 Å². The first-order chi connectivity index (χ1) is 9.91. The Morgan fingerprint density at radius 2 is 2.05 bits per heavy atom. The van der Waals surface area contributed by atoms with Crippen LogP contribution in [0.4, 0.5) is 0 Å². The molecule has 0 bridgehead atoms. The average molecular weight is 289 g/mol. The maximum Gasteiger partial charge on any atom is 0.311 e. The number of carboxylic acid groups (broad SMARTS) is 1. The number of aliphatic carboxylic acids is 1. The largest absolute Gasteiger partial charge is 0.481 e. The maximum atomic E-state index is 12.7. The predicted octanol–water partition coefficient (Wildman–Crippen LogP) is 3.02. The van der Waals surface area contributed by atoms with Crippen molar-refractivity contribution in [2.24, 2.45) is 5.41 Å². The van der Waals surface area contributed by atoms with Gasteiger partial charge in [0.25, 0.3) is 5.91 Å². The summed E-state index contributed by atoms with van der Waals surface area (Å²) in [5.41, 5.74) is 1.99. The van der Waals surface area contributed by atoms with Gasteiger partial charge in [-0.3, -0.25) is 9.59 Å². The van der Waals surface area contributed by atoms with Crippen molar-refractivity contribution in [3.05, 3.63) is 34.9 Å². The van der Waals surface area contributed by atoms with E-state index in [0.29, 0.717) is 31.5 Å². The zero-order valence-electron chi connectivity index (χ0n) is 13.0. The third kappa shape index (κ3) is 2.80. The molecule has 2 rings (SSSR count). The first kappa shape index (κ1) is 15.5. The number of hydrogen-bond acceptors (Lipinski definition) is 2. The van der Waals surface area contributed by atoms with E-state index in [1.807, 2.05) is 39.0 Å². The van der Waals surface area contributed by atoms with Gasteiger partial charge >= 0.3 is 5.97 Å². The fourth-order valence-electron chi connectivity index (χ4n) is 3.16. The van der Waals surface area contributed by atoms with Gasteiger partial charge in [0, 0.05) is 18.7 Å². The van der Waals surface area contributed by atoms with Gasteiger partial charge in [0.1, 0.15) is 0 Å². The number of nitrogens with zero attached hydrogens (tertiary/aromatic N) is 1. The number of carbonyl (C=O) groups excluding carboxylic acids is 1. The van der Waals surface area contributed by atoms with E-state index >= 15 is 0 Å². The summed E-state index contributed by atoms with van der Waals surface area (Å²) in [7, 11) is 0. The number of carbonyl (C=O) groups is 2. The molecule has 0 radical (unpaired) electrons. The summed E-state index contributed by atoms with van der Waals surface area (Å²) in [6.07, 6.45) is 1.99. The smallest absolute Gasteiger partial charge is 0.311 e. The summed E-state index contributed by atoms with van der Waals surface area (Å²) < 4.78 is 0. The van der Waals surface area contributed by atoms with Gasteiger partial charge in [-0.15, -0.1) is 0 Å². The monoisotopic (exact) mass is 289 g/mol. The third-order valence-electron chi connectivity index (χ3n) is 4.66. The van der Waals surface area contributed by atoms with Crippen molar-refractivity contribution in [3.63, 3.8) is 0 Å². The Balaban J connectivity index is 2.23. The van der Waals surface area contributed by atoms with Crippen LogP contribution in [0.15, 0.2) is 18.2 Å². The predicted molar refractivity (Wildman–Crippen MR) is 81.4 cm³/mol. The molecule has 1 N–H and O–H groups in total. The number of benzene rings is 1. The van der Waals surface area contributed by atoms with E-state index in [2.05, 4.69) is 0 Å². The van der Waals surface area contributed by atoms with Crippen molar-refractivity contribution >= 4 is 11.9 Å². The fraction of sp³-hybridized carbons (Fsp3) is 0.529. The van der Waals surface area contributed by atoms with Crippen molar-refractivity contribution < 1.29 is 14.7 Å². The van der Waals surface area contributed by atoms with Gasteiger partial charge in [0.15, 0.2) is 0 Å². The first-order valence-corrected chi connectivity index (χ1v) is 7.50. The number of aryl methyl sites for hydroxylation is 1. The van der Waals surface area contributed by atoms with Crippen LogP contribution in [0, 0.1) is 19.3 Å². The number of amides is 1. The molecule has 1 aromatic carbocycles. The highest BCUT2D eigenvalue weighted by molar-refractivity contribution is 5.96. The topological polar surface area (TPSA) is 57.6 Å². The van der Waals surface area contributed by atoms with Crippen LogP contribution in [0.2, 0.25) is 0 Å². The molecule has 0 aromatic heterocycles. The SMILES string of the molecule is CCCC1(C(=O)O)CCN(C(=O)c2cccc(C)c2C)C1. The first-order valence-electron chi connectivity index (χ1n) is 7.50. The second-order valence-electron chi connectivity index (χ2n) is 6.06. The number of rotatable bonds is 4. The van der Waals surface area contributed by atoms with Crippen molar-refractivity contribution in [2.45, 2.75) is 40.0 Å². The molecule has 114 valence electrons. The van der Waals surface area contributed by atoms with Crippen LogP contribution in [-0.4, -0.2) is 35.0 Å². The normalized spacial score (nSPS) is 21.6. The molecule has 1 heterocycles.